The number of carbonyl (C=O) groups excluding carboxylic acids is 1. The molecule has 13 heteroatoms. The monoisotopic (exact) mass is 469 g/mol. The molecule has 0 saturated heterocycles. The van der Waals surface area contributed by atoms with Gasteiger partial charge in [0.2, 0.25) is 0 Å². The van der Waals surface area contributed by atoms with E-state index in [0.29, 0.717) is 23.7 Å². The molecule has 0 aliphatic carbocycles. The van der Waals surface area contributed by atoms with Crippen LogP contribution in [0.4, 0.5) is 15.6 Å². The van der Waals surface area contributed by atoms with E-state index in [4.69, 9.17) is 16.3 Å². The van der Waals surface area contributed by atoms with Crippen molar-refractivity contribution in [3.63, 3.8) is 0 Å². The fourth-order valence-corrected chi connectivity index (χ4v) is 4.94. The van der Waals surface area contributed by atoms with Crippen LogP contribution in [-0.4, -0.2) is 51.2 Å². The van der Waals surface area contributed by atoms with Crippen LogP contribution in [0.2, 0.25) is 0 Å². The number of thiazole rings is 1. The van der Waals surface area contributed by atoms with E-state index in [1.807, 2.05) is 6.92 Å². The Morgan fingerprint density at radius 1 is 1.32 bits per heavy atom. The Morgan fingerprint density at radius 2 is 2.00 bits per heavy atom. The highest BCUT2D eigenvalue weighted by Gasteiger charge is 2.24. The quantitative estimate of drug-likeness (QED) is 0.300. The van der Waals surface area contributed by atoms with Crippen LogP contribution in [0.15, 0.2) is 40.9 Å². The highest BCUT2D eigenvalue weighted by atomic mass is 32.2. The van der Waals surface area contributed by atoms with E-state index in [1.54, 1.807) is 31.2 Å². The number of hydrogen-bond donors (Lipinski definition) is 4. The molecule has 6 N–H and O–H groups in total. The van der Waals surface area contributed by atoms with Crippen molar-refractivity contribution in [3.05, 3.63) is 42.4 Å². The van der Waals surface area contributed by atoms with Gasteiger partial charge in [0.25, 0.3) is 10.0 Å². The number of urea groups is 1. The van der Waals surface area contributed by atoms with Crippen molar-refractivity contribution in [1.82, 2.24) is 14.7 Å². The Bertz CT molecular complexity index is 1010. The highest BCUT2D eigenvalue weighted by Crippen LogP contribution is 2.29. The molecule has 31 heavy (non-hydrogen) atoms. The fourth-order valence-electron chi connectivity index (χ4n) is 2.42. The normalized spacial score (nSPS) is 11.5. The molecule has 2 amide bonds. The summed E-state index contributed by atoms with van der Waals surface area (Å²) < 4.78 is 33.1. The van der Waals surface area contributed by atoms with E-state index in [2.05, 4.69) is 15.0 Å². The van der Waals surface area contributed by atoms with Gasteiger partial charge >= 0.3 is 6.03 Å². The molecule has 0 fully saturated rings. The van der Waals surface area contributed by atoms with Gasteiger partial charge < -0.3 is 20.8 Å². The summed E-state index contributed by atoms with van der Waals surface area (Å²) in [5.74, 6) is 6.31. The van der Waals surface area contributed by atoms with E-state index < -0.39 is 16.1 Å². The largest absolute Gasteiger partial charge is 0.494 e. The molecule has 0 unspecified atom stereocenters. The average molecular weight is 470 g/mol. The third-order valence-corrected chi connectivity index (χ3v) is 7.24. The summed E-state index contributed by atoms with van der Waals surface area (Å²) >= 11 is 0.896. The third kappa shape index (κ3) is 6.82. The summed E-state index contributed by atoms with van der Waals surface area (Å²) in [5.41, 5.74) is 6.09. The Morgan fingerprint density at radius 3 is 2.61 bits per heavy atom. The maximum absolute atomic E-state index is 12.6. The Kier molecular flexibility index (Phi) is 8.62. The van der Waals surface area contributed by atoms with Crippen molar-refractivity contribution in [2.24, 2.45) is 11.6 Å². The first-order valence-corrected chi connectivity index (χ1v) is 11.6. The minimum Gasteiger partial charge on any atom is -0.494 e. The first-order valence-electron chi connectivity index (χ1n) is 9.32. The maximum Gasteiger partial charge on any atom is 0.327 e. The molecule has 170 valence electrons. The molecule has 0 aliphatic rings. The number of carbonyl (C=O) groups is 1. The number of sulfonamides is 1. The predicted octanol–water partition coefficient (Wildman–Crippen LogP) is 1.40. The maximum atomic E-state index is 12.6. The molecule has 11 nitrogen and oxygen atoms in total. The summed E-state index contributed by atoms with van der Waals surface area (Å²) in [6, 6.07) is 6.46. The van der Waals surface area contributed by atoms with Crippen molar-refractivity contribution in [3.8, 4) is 5.75 Å². The second-order valence-corrected chi connectivity index (χ2v) is 9.23. The molecule has 1 heterocycles. The zero-order valence-corrected chi connectivity index (χ0v) is 19.2. The number of ether oxygens (including phenoxy) is 1. The van der Waals surface area contributed by atoms with Crippen LogP contribution in [0, 0.1) is 6.92 Å². The van der Waals surface area contributed by atoms with Crippen LogP contribution < -0.4 is 31.3 Å². The molecule has 0 radical (unpaired) electrons. The molecular weight excluding hydrogens is 442 g/mol. The van der Waals surface area contributed by atoms with E-state index in [0.717, 1.165) is 11.3 Å². The van der Waals surface area contributed by atoms with Gasteiger partial charge in [-0.3, -0.25) is 4.90 Å². The number of aromatic nitrogens is 1. The van der Waals surface area contributed by atoms with Crippen LogP contribution in [0.3, 0.4) is 0 Å². The lowest BCUT2D eigenvalue weighted by Gasteiger charge is -2.15. The Labute approximate surface area is 185 Å². The number of benzene rings is 1. The minimum atomic E-state index is -3.81. The topological polar surface area (TPSA) is 156 Å². The van der Waals surface area contributed by atoms with Gasteiger partial charge in [0, 0.05) is 38.2 Å². The Hall–Kier alpha value is -2.87. The van der Waals surface area contributed by atoms with E-state index in [9.17, 15) is 13.2 Å². The number of hydrogen-bond acceptors (Lipinski definition) is 9. The van der Waals surface area contributed by atoms with Gasteiger partial charge in [-0.15, -0.1) is 0 Å². The van der Waals surface area contributed by atoms with Gasteiger partial charge in [-0.05, 0) is 38.1 Å². The molecule has 0 saturated carbocycles. The SMILES string of the molecule is CCOc1ccc(NC(=O)N(C)c2nc(C)c(S(=O)(=O)NCCN(N)/C=C\N)s2)cc1. The third-order valence-electron chi connectivity index (χ3n) is 3.93. The lowest BCUT2D eigenvalue weighted by atomic mass is 10.3. The van der Waals surface area contributed by atoms with Gasteiger partial charge in [-0.25, -0.2) is 28.8 Å². The lowest BCUT2D eigenvalue weighted by Crippen LogP contribution is -2.35. The second-order valence-electron chi connectivity index (χ2n) is 6.29. The first kappa shape index (κ1) is 24.4. The van der Waals surface area contributed by atoms with E-state index in [1.165, 1.54) is 29.4 Å². The molecule has 2 aromatic rings. The minimum absolute atomic E-state index is 0.0288. The number of aryl methyl sites for hydroxylation is 1. The smallest absolute Gasteiger partial charge is 0.327 e. The number of nitrogens with zero attached hydrogens (tertiary/aromatic N) is 3. The van der Waals surface area contributed by atoms with Crippen molar-refractivity contribution in [1.29, 1.82) is 0 Å². The molecule has 1 aromatic carbocycles. The van der Waals surface area contributed by atoms with Gasteiger partial charge in [0.05, 0.1) is 12.3 Å². The van der Waals surface area contributed by atoms with Crippen LogP contribution in [-0.2, 0) is 10.0 Å². The number of nitrogens with one attached hydrogen (secondary N) is 2. The first-order chi connectivity index (χ1) is 14.7. The molecule has 1 aromatic heterocycles. The second kappa shape index (κ2) is 10.9. The van der Waals surface area contributed by atoms with Crippen molar-refractivity contribution in [2.75, 3.05) is 37.0 Å². The molecule has 2 rings (SSSR count). The van der Waals surface area contributed by atoms with Crippen molar-refractivity contribution >= 4 is 38.2 Å². The summed E-state index contributed by atoms with van der Waals surface area (Å²) in [4.78, 5) is 18.0. The van der Waals surface area contributed by atoms with Crippen LogP contribution in [0.5, 0.6) is 5.75 Å². The van der Waals surface area contributed by atoms with E-state index >= 15 is 0 Å². The van der Waals surface area contributed by atoms with E-state index in [-0.39, 0.29) is 22.4 Å². The Balaban J connectivity index is 2.05. The van der Waals surface area contributed by atoms with Crippen LogP contribution >= 0.6 is 11.3 Å². The molecule has 0 atom stereocenters. The zero-order chi connectivity index (χ0) is 23.0. The summed E-state index contributed by atoms with van der Waals surface area (Å²) in [6.07, 6.45) is 2.67. The van der Waals surface area contributed by atoms with Gasteiger partial charge in [0.1, 0.15) is 5.75 Å². The number of amides is 2. The van der Waals surface area contributed by atoms with Gasteiger partial charge in [0.15, 0.2) is 9.34 Å². The highest BCUT2D eigenvalue weighted by molar-refractivity contribution is 7.91. The fraction of sp³-hybridized carbons (Fsp3) is 0.333. The van der Waals surface area contributed by atoms with Crippen LogP contribution in [0.1, 0.15) is 12.6 Å². The lowest BCUT2D eigenvalue weighted by molar-refractivity contribution is 0.258. The molecule has 0 bridgehead atoms. The standard InChI is InChI=1S/C18H27N7O4S2/c1-4-29-15-7-5-14(6-8-15)23-17(26)24(3)18-22-13(2)16(30-18)31(27,28)21-10-12-25(20)11-9-19/h5-9,11,21H,4,10,12,19-20H2,1-3H3,(H,23,26)/b11-9-. The molecule has 0 aliphatic heterocycles. The average Bonchev–Trinajstić information content (AvgIpc) is 3.11. The molecule has 0 spiro atoms. The number of nitrogens with two attached hydrogens (primary N) is 2. The van der Waals surface area contributed by atoms with Crippen molar-refractivity contribution in [2.45, 2.75) is 18.1 Å². The van der Waals surface area contributed by atoms with Gasteiger partial charge in [-0.1, -0.05) is 11.3 Å². The van der Waals surface area contributed by atoms with Crippen molar-refractivity contribution < 1.29 is 17.9 Å². The number of hydrazine groups is 1. The summed E-state index contributed by atoms with van der Waals surface area (Å²) in [5, 5.41) is 4.23. The number of anilines is 2. The van der Waals surface area contributed by atoms with Crippen LogP contribution in [0.25, 0.3) is 0 Å². The molecular formula is C18H27N7O4S2. The predicted molar refractivity (Wildman–Crippen MR) is 121 cm³/mol. The summed E-state index contributed by atoms with van der Waals surface area (Å²) in [7, 11) is -2.30. The zero-order valence-electron chi connectivity index (χ0n) is 17.5. The number of rotatable bonds is 10. The summed E-state index contributed by atoms with van der Waals surface area (Å²) in [6.45, 7) is 4.30. The van der Waals surface area contributed by atoms with Gasteiger partial charge in [-0.2, -0.15) is 0 Å².